The highest BCUT2D eigenvalue weighted by Crippen LogP contribution is 2.28. The molecule has 0 saturated carbocycles. The Kier molecular flexibility index (Phi) is 3.68. The minimum Gasteiger partial charge on any atom is -0.249 e. The number of hydrogen-bond acceptors (Lipinski definition) is 4. The fraction of sp³-hybridized carbons (Fsp3) is 0.267. The summed E-state index contributed by atoms with van der Waals surface area (Å²) in [5.74, 6) is 0.649. The molecule has 2 heterocycles. The summed E-state index contributed by atoms with van der Waals surface area (Å²) in [6.45, 7) is 4.13. The van der Waals surface area contributed by atoms with Crippen molar-refractivity contribution in [2.24, 2.45) is 0 Å². The zero-order valence-electron chi connectivity index (χ0n) is 11.4. The molecule has 1 aromatic carbocycles. The summed E-state index contributed by atoms with van der Waals surface area (Å²) < 4.78 is 0. The van der Waals surface area contributed by atoms with E-state index in [-0.39, 0.29) is 0 Å². The first-order chi connectivity index (χ1) is 9.67. The summed E-state index contributed by atoms with van der Waals surface area (Å²) in [4.78, 5) is 14.2. The summed E-state index contributed by atoms with van der Waals surface area (Å²) in [5, 5.41) is 2.43. The molecular weight excluding hydrogens is 290 g/mol. The maximum absolute atomic E-state index is 6.32. The quantitative estimate of drug-likeness (QED) is 0.660. The van der Waals surface area contributed by atoms with Crippen LogP contribution < -0.4 is 0 Å². The van der Waals surface area contributed by atoms with E-state index in [9.17, 15) is 0 Å². The Hall–Kier alpha value is -1.52. The number of aryl methyl sites for hydroxylation is 2. The molecule has 3 rings (SSSR count). The van der Waals surface area contributed by atoms with Crippen LogP contribution in [0.1, 0.15) is 23.9 Å². The summed E-state index contributed by atoms with van der Waals surface area (Å²) in [7, 11) is 0. The van der Waals surface area contributed by atoms with E-state index >= 15 is 0 Å². The van der Waals surface area contributed by atoms with E-state index in [0.717, 1.165) is 33.6 Å². The zero-order chi connectivity index (χ0) is 14.1. The van der Waals surface area contributed by atoms with Gasteiger partial charge < -0.3 is 0 Å². The minimum absolute atomic E-state index is 0.508. The lowest BCUT2D eigenvalue weighted by atomic mass is 10.1. The Bertz CT molecular complexity index is 767. The van der Waals surface area contributed by atoms with Crippen LogP contribution in [0.25, 0.3) is 21.6 Å². The maximum atomic E-state index is 6.32. The van der Waals surface area contributed by atoms with Crippen LogP contribution in [0.3, 0.4) is 0 Å². The first kappa shape index (κ1) is 13.5. The molecule has 102 valence electrons. The molecule has 0 aliphatic heterocycles. The van der Waals surface area contributed by atoms with Gasteiger partial charge in [-0.3, -0.25) is 0 Å². The molecule has 3 nitrogen and oxygen atoms in total. The molecule has 0 amide bonds. The maximum Gasteiger partial charge on any atom is 0.173 e. The van der Waals surface area contributed by atoms with Crippen molar-refractivity contribution in [1.29, 1.82) is 0 Å². The third-order valence-electron chi connectivity index (χ3n) is 3.09. The molecule has 0 aliphatic rings. The second-order valence-electron chi connectivity index (χ2n) is 4.68. The topological polar surface area (TPSA) is 38.7 Å². The molecule has 0 radical (unpaired) electrons. The van der Waals surface area contributed by atoms with Crippen molar-refractivity contribution >= 4 is 33.8 Å². The highest BCUT2D eigenvalue weighted by Gasteiger charge is 2.10. The number of thiazole rings is 1. The molecule has 0 N–H and O–H groups in total. The molecule has 0 atom stereocenters. The summed E-state index contributed by atoms with van der Waals surface area (Å²) in [6, 6.07) is 6.21. The van der Waals surface area contributed by atoms with E-state index in [0.29, 0.717) is 11.0 Å². The van der Waals surface area contributed by atoms with Crippen LogP contribution in [0.15, 0.2) is 24.4 Å². The van der Waals surface area contributed by atoms with Crippen LogP contribution in [0, 0.1) is 6.92 Å². The second kappa shape index (κ2) is 5.46. The van der Waals surface area contributed by atoms with Gasteiger partial charge in [0.15, 0.2) is 5.82 Å². The van der Waals surface area contributed by atoms with Gasteiger partial charge in [-0.15, -0.1) is 11.3 Å². The van der Waals surface area contributed by atoms with Crippen molar-refractivity contribution in [2.45, 2.75) is 26.7 Å². The summed E-state index contributed by atoms with van der Waals surface area (Å²) in [6.07, 6.45) is 3.95. The number of fused-ring (bicyclic) bond motifs is 1. The third-order valence-corrected chi connectivity index (χ3v) is 4.29. The first-order valence-corrected chi connectivity index (χ1v) is 7.76. The number of rotatable bonds is 3. The van der Waals surface area contributed by atoms with E-state index in [1.54, 1.807) is 17.5 Å². The second-order valence-corrected chi connectivity index (χ2v) is 6.28. The van der Waals surface area contributed by atoms with E-state index in [1.165, 1.54) is 5.56 Å². The molecule has 0 bridgehead atoms. The van der Waals surface area contributed by atoms with Gasteiger partial charge in [-0.25, -0.2) is 15.0 Å². The van der Waals surface area contributed by atoms with Crippen molar-refractivity contribution in [3.8, 4) is 10.7 Å². The highest BCUT2D eigenvalue weighted by molar-refractivity contribution is 7.14. The van der Waals surface area contributed by atoms with Gasteiger partial charge in [0.2, 0.25) is 0 Å². The molecule has 0 unspecified atom stereocenters. The van der Waals surface area contributed by atoms with E-state index in [2.05, 4.69) is 34.0 Å². The van der Waals surface area contributed by atoms with E-state index in [1.807, 2.05) is 13.0 Å². The number of benzene rings is 1. The predicted octanol–water partition coefficient (Wildman–Crippen LogP) is 4.67. The van der Waals surface area contributed by atoms with Crippen LogP contribution in [0.2, 0.25) is 5.15 Å². The molecule has 5 heteroatoms. The SMILES string of the molecule is CCCc1ccc2nc(-c3cnc(C)s3)nc(Cl)c2c1. The zero-order valence-corrected chi connectivity index (χ0v) is 12.9. The third kappa shape index (κ3) is 2.53. The first-order valence-electron chi connectivity index (χ1n) is 6.56. The molecular formula is C15H14ClN3S. The van der Waals surface area contributed by atoms with E-state index < -0.39 is 0 Å². The summed E-state index contributed by atoms with van der Waals surface area (Å²) >= 11 is 7.90. The predicted molar refractivity (Wildman–Crippen MR) is 84.4 cm³/mol. The van der Waals surface area contributed by atoms with Crippen molar-refractivity contribution in [3.63, 3.8) is 0 Å². The molecule has 0 aliphatic carbocycles. The van der Waals surface area contributed by atoms with Crippen LogP contribution in [-0.4, -0.2) is 15.0 Å². The van der Waals surface area contributed by atoms with Crippen molar-refractivity contribution in [3.05, 3.63) is 40.1 Å². The van der Waals surface area contributed by atoms with Crippen molar-refractivity contribution in [1.82, 2.24) is 15.0 Å². The fourth-order valence-electron chi connectivity index (χ4n) is 2.16. The van der Waals surface area contributed by atoms with Gasteiger partial charge in [0.25, 0.3) is 0 Å². The van der Waals surface area contributed by atoms with Crippen molar-refractivity contribution < 1.29 is 0 Å². The monoisotopic (exact) mass is 303 g/mol. The minimum atomic E-state index is 0.508. The van der Waals surface area contributed by atoms with Crippen LogP contribution in [0.5, 0.6) is 0 Å². The molecule has 3 aromatic rings. The van der Waals surface area contributed by atoms with E-state index in [4.69, 9.17) is 11.6 Å². The Balaban J connectivity index is 2.12. The largest absolute Gasteiger partial charge is 0.249 e. The average molecular weight is 304 g/mol. The van der Waals surface area contributed by atoms with Gasteiger partial charge in [0.05, 0.1) is 15.4 Å². The lowest BCUT2D eigenvalue weighted by molar-refractivity contribution is 0.923. The number of aromatic nitrogens is 3. The normalized spacial score (nSPS) is 11.2. The molecule has 2 aromatic heterocycles. The molecule has 0 fully saturated rings. The average Bonchev–Trinajstić information content (AvgIpc) is 2.86. The van der Waals surface area contributed by atoms with Gasteiger partial charge in [-0.2, -0.15) is 0 Å². The Morgan fingerprint density at radius 3 is 2.80 bits per heavy atom. The van der Waals surface area contributed by atoms with Crippen molar-refractivity contribution in [2.75, 3.05) is 0 Å². The van der Waals surface area contributed by atoms with Crippen LogP contribution in [-0.2, 0) is 6.42 Å². The molecule has 0 saturated heterocycles. The molecule has 20 heavy (non-hydrogen) atoms. The Morgan fingerprint density at radius 1 is 1.25 bits per heavy atom. The summed E-state index contributed by atoms with van der Waals surface area (Å²) in [5.41, 5.74) is 2.15. The van der Waals surface area contributed by atoms with Gasteiger partial charge in [0.1, 0.15) is 5.15 Å². The number of hydrogen-bond donors (Lipinski definition) is 0. The number of halogens is 1. The van der Waals surface area contributed by atoms with Crippen LogP contribution in [0.4, 0.5) is 0 Å². The lowest BCUT2D eigenvalue weighted by Gasteiger charge is -2.05. The van der Waals surface area contributed by atoms with Gasteiger partial charge in [-0.05, 0) is 31.0 Å². The van der Waals surface area contributed by atoms with Gasteiger partial charge >= 0.3 is 0 Å². The van der Waals surface area contributed by atoms with Gasteiger partial charge in [-0.1, -0.05) is 31.0 Å². The Labute approximate surface area is 126 Å². The number of nitrogens with zero attached hydrogens (tertiary/aromatic N) is 3. The van der Waals surface area contributed by atoms with Gasteiger partial charge in [0, 0.05) is 11.6 Å². The highest BCUT2D eigenvalue weighted by atomic mass is 35.5. The fourth-order valence-corrected chi connectivity index (χ4v) is 3.10. The molecule has 0 spiro atoms. The Morgan fingerprint density at radius 2 is 2.10 bits per heavy atom. The standard InChI is InChI=1S/C15H14ClN3S/c1-3-4-10-5-6-12-11(7-10)14(16)19-15(18-12)13-8-17-9(2)20-13/h5-8H,3-4H2,1-2H3. The van der Waals surface area contributed by atoms with Crippen LogP contribution >= 0.6 is 22.9 Å². The lowest BCUT2D eigenvalue weighted by Crippen LogP contribution is -1.92. The smallest absolute Gasteiger partial charge is 0.173 e.